The number of benzene rings is 2. The minimum absolute atomic E-state index is 0.161. The van der Waals surface area contributed by atoms with Crippen molar-refractivity contribution >= 4 is 25.3 Å². The number of hydrogen-bond donors (Lipinski definition) is 1. The van der Waals surface area contributed by atoms with E-state index >= 15 is 0 Å². The zero-order valence-corrected chi connectivity index (χ0v) is 24.4. The van der Waals surface area contributed by atoms with E-state index in [4.69, 9.17) is 24.9 Å². The fourth-order valence-corrected chi connectivity index (χ4v) is 5.09. The van der Waals surface area contributed by atoms with Crippen LogP contribution >= 0.6 is 0 Å². The van der Waals surface area contributed by atoms with E-state index in [1.54, 1.807) is 13.3 Å². The Morgan fingerprint density at radius 3 is 2.26 bits per heavy atom. The van der Waals surface area contributed by atoms with Crippen molar-refractivity contribution in [3.63, 3.8) is 0 Å². The first kappa shape index (κ1) is 26.6. The molecule has 5 aromatic rings. The van der Waals surface area contributed by atoms with Crippen LogP contribution in [-0.2, 0) is 11.0 Å². The maximum absolute atomic E-state index is 6.44. The average Bonchev–Trinajstić information content (AvgIpc) is 3.30. The van der Waals surface area contributed by atoms with E-state index in [0.29, 0.717) is 18.2 Å². The summed E-state index contributed by atoms with van der Waals surface area (Å²) >= 11 is 0. The van der Waals surface area contributed by atoms with Crippen molar-refractivity contribution in [2.75, 3.05) is 12.8 Å². The number of nitrogens with two attached hydrogens (primary N) is 1. The summed E-state index contributed by atoms with van der Waals surface area (Å²) in [5.41, 5.74) is 12.5. The number of hydrogen-bond acceptors (Lipinski definition) is 6. The Morgan fingerprint density at radius 1 is 0.897 bits per heavy atom. The molecule has 7 nitrogen and oxygen atoms in total. The van der Waals surface area contributed by atoms with E-state index in [2.05, 4.69) is 63.1 Å². The van der Waals surface area contributed by atoms with E-state index < -0.39 is 8.32 Å². The van der Waals surface area contributed by atoms with Gasteiger partial charge in [0.2, 0.25) is 0 Å². The molecular weight excluding hydrogens is 502 g/mol. The third-order valence-electron chi connectivity index (χ3n) is 7.57. The smallest absolute Gasteiger partial charge is 0.192 e. The van der Waals surface area contributed by atoms with Crippen molar-refractivity contribution in [1.82, 2.24) is 19.5 Å². The zero-order valence-electron chi connectivity index (χ0n) is 23.4. The van der Waals surface area contributed by atoms with Gasteiger partial charge in [0.05, 0.1) is 25.0 Å². The van der Waals surface area contributed by atoms with E-state index in [1.807, 2.05) is 53.1 Å². The van der Waals surface area contributed by atoms with Crippen LogP contribution in [0.1, 0.15) is 26.3 Å². The quantitative estimate of drug-likeness (QED) is 0.220. The highest BCUT2D eigenvalue weighted by Crippen LogP contribution is 2.37. The number of anilines is 1. The number of nitrogens with zero attached hydrogens (tertiary/aromatic N) is 4. The molecule has 5 rings (SSSR count). The molecule has 2 aromatic carbocycles. The molecule has 0 atom stereocenters. The molecule has 2 N–H and O–H groups in total. The topological polar surface area (TPSA) is 88.1 Å². The van der Waals surface area contributed by atoms with Gasteiger partial charge in [-0.2, -0.15) is 0 Å². The van der Waals surface area contributed by atoms with Crippen LogP contribution in [0.2, 0.25) is 18.1 Å². The Kier molecular flexibility index (Phi) is 7.01. The molecule has 0 spiro atoms. The highest BCUT2D eigenvalue weighted by atomic mass is 28.4. The van der Waals surface area contributed by atoms with Crippen molar-refractivity contribution in [2.45, 2.75) is 45.5 Å². The Morgan fingerprint density at radius 2 is 1.62 bits per heavy atom. The Hall–Kier alpha value is -4.01. The Balaban J connectivity index is 1.58. The van der Waals surface area contributed by atoms with Gasteiger partial charge in [-0.1, -0.05) is 32.9 Å². The molecule has 0 fully saturated rings. The SMILES string of the molecule is COc1ccc(-c2ccc3nc(-c4cccnc4N)n(-c4ccc(CO[Si](C)(C)C(C)(C)C)cc4)c3n2)cc1. The molecule has 0 saturated heterocycles. The number of methoxy groups -OCH3 is 1. The summed E-state index contributed by atoms with van der Waals surface area (Å²) in [4.78, 5) is 14.3. The van der Waals surface area contributed by atoms with Gasteiger partial charge in [-0.15, -0.1) is 0 Å². The van der Waals surface area contributed by atoms with E-state index in [-0.39, 0.29) is 5.04 Å². The van der Waals surface area contributed by atoms with Crippen LogP contribution in [0.4, 0.5) is 5.82 Å². The number of rotatable bonds is 7. The highest BCUT2D eigenvalue weighted by Gasteiger charge is 2.37. The van der Waals surface area contributed by atoms with Crippen molar-refractivity contribution in [2.24, 2.45) is 0 Å². The lowest BCUT2D eigenvalue weighted by Gasteiger charge is -2.36. The fourth-order valence-electron chi connectivity index (χ4n) is 4.13. The van der Waals surface area contributed by atoms with Gasteiger partial charge >= 0.3 is 0 Å². The normalized spacial score (nSPS) is 12.2. The summed E-state index contributed by atoms with van der Waals surface area (Å²) in [7, 11) is -0.188. The zero-order chi connectivity index (χ0) is 27.8. The second kappa shape index (κ2) is 10.3. The van der Waals surface area contributed by atoms with Crippen LogP contribution in [0.15, 0.2) is 79.0 Å². The van der Waals surface area contributed by atoms with Crippen molar-refractivity contribution < 1.29 is 9.16 Å². The molecular formula is C31H35N5O2Si. The number of nitrogen functional groups attached to an aromatic ring is 1. The first-order chi connectivity index (χ1) is 18.6. The predicted molar refractivity (Wildman–Crippen MR) is 160 cm³/mol. The number of fused-ring (bicyclic) bond motifs is 1. The number of ether oxygens (including phenoxy) is 1. The van der Waals surface area contributed by atoms with Crippen molar-refractivity contribution in [3.8, 4) is 34.1 Å². The Bertz CT molecular complexity index is 1600. The molecule has 0 aliphatic rings. The van der Waals surface area contributed by atoms with Crippen LogP contribution in [0.25, 0.3) is 39.5 Å². The standard InChI is InChI=1S/C31H35N5O2Si/c1-31(2,3)39(5,6)38-20-21-9-13-23(14-10-21)36-29(25-8-7-19-33-28(25)32)35-27-18-17-26(34-30(27)36)22-11-15-24(37-4)16-12-22/h7-19H,20H2,1-6H3,(H2,32,33). The van der Waals surface area contributed by atoms with Gasteiger partial charge in [-0.05, 0) is 84.4 Å². The predicted octanol–water partition coefficient (Wildman–Crippen LogP) is 7.26. The fraction of sp³-hybridized carbons (Fsp3) is 0.258. The minimum Gasteiger partial charge on any atom is -0.497 e. The molecule has 0 amide bonds. The second-order valence-electron chi connectivity index (χ2n) is 11.2. The van der Waals surface area contributed by atoms with Gasteiger partial charge in [-0.25, -0.2) is 15.0 Å². The number of aromatic nitrogens is 4. The first-order valence-corrected chi connectivity index (χ1v) is 16.0. The summed E-state index contributed by atoms with van der Waals surface area (Å²) in [6.45, 7) is 11.9. The summed E-state index contributed by atoms with van der Waals surface area (Å²) in [6.07, 6.45) is 1.68. The van der Waals surface area contributed by atoms with Crippen LogP contribution in [0.3, 0.4) is 0 Å². The molecule has 0 aliphatic heterocycles. The maximum Gasteiger partial charge on any atom is 0.192 e. The molecule has 0 saturated carbocycles. The third-order valence-corrected chi connectivity index (χ3v) is 12.0. The number of imidazole rings is 1. The lowest BCUT2D eigenvalue weighted by Crippen LogP contribution is -2.40. The lowest BCUT2D eigenvalue weighted by atomic mass is 10.1. The summed E-state index contributed by atoms with van der Waals surface area (Å²) in [5.74, 6) is 1.92. The van der Waals surface area contributed by atoms with Crippen LogP contribution in [-0.4, -0.2) is 34.9 Å². The van der Waals surface area contributed by atoms with Gasteiger partial charge in [0.25, 0.3) is 0 Å². The van der Waals surface area contributed by atoms with Crippen LogP contribution in [0.5, 0.6) is 5.75 Å². The van der Waals surface area contributed by atoms with Gasteiger partial charge in [-0.3, -0.25) is 4.57 Å². The molecule has 200 valence electrons. The van der Waals surface area contributed by atoms with Gasteiger partial charge in [0.1, 0.15) is 17.1 Å². The molecule has 0 aliphatic carbocycles. The van der Waals surface area contributed by atoms with Crippen LogP contribution < -0.4 is 10.5 Å². The lowest BCUT2D eigenvalue weighted by molar-refractivity contribution is 0.276. The molecule has 0 radical (unpaired) electrons. The molecule has 0 bridgehead atoms. The van der Waals surface area contributed by atoms with Gasteiger partial charge < -0.3 is 14.9 Å². The summed E-state index contributed by atoms with van der Waals surface area (Å²) in [5, 5.41) is 0.161. The molecule has 0 unspecified atom stereocenters. The molecule has 3 heterocycles. The number of pyridine rings is 2. The average molecular weight is 538 g/mol. The van der Waals surface area contributed by atoms with Crippen molar-refractivity contribution in [3.05, 3.63) is 84.6 Å². The monoisotopic (exact) mass is 537 g/mol. The second-order valence-corrected chi connectivity index (χ2v) is 16.0. The minimum atomic E-state index is -1.85. The van der Waals surface area contributed by atoms with E-state index in [1.165, 1.54) is 0 Å². The maximum atomic E-state index is 6.44. The van der Waals surface area contributed by atoms with E-state index in [9.17, 15) is 0 Å². The van der Waals surface area contributed by atoms with E-state index in [0.717, 1.165) is 45.0 Å². The first-order valence-electron chi connectivity index (χ1n) is 13.1. The summed E-state index contributed by atoms with van der Waals surface area (Å²) < 4.78 is 13.8. The molecule has 3 aromatic heterocycles. The van der Waals surface area contributed by atoms with Crippen molar-refractivity contribution in [1.29, 1.82) is 0 Å². The molecule has 39 heavy (non-hydrogen) atoms. The summed E-state index contributed by atoms with van der Waals surface area (Å²) in [6, 6.07) is 24.1. The largest absolute Gasteiger partial charge is 0.497 e. The Labute approximate surface area is 230 Å². The van der Waals surface area contributed by atoms with Gasteiger partial charge in [0.15, 0.2) is 19.8 Å². The van der Waals surface area contributed by atoms with Gasteiger partial charge in [0, 0.05) is 17.4 Å². The molecule has 8 heteroatoms. The highest BCUT2D eigenvalue weighted by molar-refractivity contribution is 6.74. The van der Waals surface area contributed by atoms with Crippen LogP contribution in [0, 0.1) is 0 Å². The third kappa shape index (κ3) is 5.30.